The van der Waals surface area contributed by atoms with Gasteiger partial charge in [-0.2, -0.15) is 57.1 Å². The number of nitro benzene ring substituents is 1. The van der Waals surface area contributed by atoms with E-state index in [1.54, 1.807) is 0 Å². The maximum Gasteiger partial charge on any atom is 0.460 e. The number of nitro groups is 1. The van der Waals surface area contributed by atoms with Gasteiger partial charge in [0.25, 0.3) is 5.69 Å². The summed E-state index contributed by atoms with van der Waals surface area (Å²) in [6, 6.07) is 1.19. The molecular weight excluding hydrogens is 507 g/mol. The van der Waals surface area contributed by atoms with E-state index < -0.39 is 63.7 Å². The number of halogens is 13. The van der Waals surface area contributed by atoms with Gasteiger partial charge in [-0.15, -0.1) is 0 Å². The molecule has 0 aliphatic heterocycles. The minimum absolute atomic E-state index is 0.341. The van der Waals surface area contributed by atoms with Crippen molar-refractivity contribution in [1.82, 2.24) is 0 Å². The van der Waals surface area contributed by atoms with E-state index in [1.165, 1.54) is 0 Å². The first-order chi connectivity index (χ1) is 14.5. The third-order valence-corrected chi connectivity index (χ3v) is 3.86. The molecule has 0 bridgehead atoms. The number of hydrogen-bond acceptors (Lipinski definition) is 4. The van der Waals surface area contributed by atoms with E-state index in [9.17, 15) is 72.0 Å². The maximum absolute atomic E-state index is 13.8. The van der Waals surface area contributed by atoms with Crippen molar-refractivity contribution >= 4 is 17.3 Å². The van der Waals surface area contributed by atoms with E-state index >= 15 is 0 Å². The Kier molecular flexibility index (Phi) is 6.86. The fourth-order valence-corrected chi connectivity index (χ4v) is 2.01. The molecule has 19 heteroatoms. The van der Waals surface area contributed by atoms with Crippen molar-refractivity contribution in [2.75, 3.05) is 12.4 Å². The van der Waals surface area contributed by atoms with Crippen LogP contribution >= 0.6 is 0 Å². The Morgan fingerprint density at radius 1 is 0.848 bits per heavy atom. The summed E-state index contributed by atoms with van der Waals surface area (Å²) in [6.45, 7) is 0. The van der Waals surface area contributed by atoms with Crippen LogP contribution in [0.25, 0.3) is 0 Å². The van der Waals surface area contributed by atoms with Gasteiger partial charge in [0.15, 0.2) is 0 Å². The van der Waals surface area contributed by atoms with Crippen LogP contribution in [0.15, 0.2) is 18.2 Å². The quantitative estimate of drug-likeness (QED) is 0.291. The summed E-state index contributed by atoms with van der Waals surface area (Å²) >= 11 is 0. The minimum Gasteiger partial charge on any atom is -0.494 e. The molecule has 0 aliphatic carbocycles. The third kappa shape index (κ3) is 4.19. The number of carbonyl (C=O) groups excluding carboxylic acids is 1. The number of amides is 1. The predicted octanol–water partition coefficient (Wildman–Crippen LogP) is 5.28. The average molecular weight is 514 g/mol. The maximum atomic E-state index is 13.8. The Hall–Kier alpha value is -3.02. The normalized spacial score (nSPS) is 14.1. The topological polar surface area (TPSA) is 81.5 Å². The van der Waals surface area contributed by atoms with Crippen molar-refractivity contribution in [3.63, 3.8) is 0 Å². The van der Waals surface area contributed by atoms with Crippen molar-refractivity contribution in [3.8, 4) is 5.75 Å². The van der Waals surface area contributed by atoms with Gasteiger partial charge in [-0.1, -0.05) is 0 Å². The molecule has 1 amide bonds. The molecule has 1 aromatic rings. The summed E-state index contributed by atoms with van der Waals surface area (Å²) in [5, 5.41) is 11.4. The first-order valence-corrected chi connectivity index (χ1v) is 7.60. The van der Waals surface area contributed by atoms with Gasteiger partial charge in [0.1, 0.15) is 5.75 Å². The summed E-state index contributed by atoms with van der Waals surface area (Å²) in [7, 11) is 0.690. The summed E-state index contributed by atoms with van der Waals surface area (Å²) in [5.41, 5.74) is -1.98. The number of non-ortho nitro benzene ring substituents is 1. The number of nitrogens with one attached hydrogen (secondary N) is 1. The molecule has 0 saturated heterocycles. The lowest BCUT2D eigenvalue weighted by Gasteiger charge is -2.39. The molecule has 1 aromatic carbocycles. The van der Waals surface area contributed by atoms with Crippen LogP contribution in [0.3, 0.4) is 0 Å². The van der Waals surface area contributed by atoms with Gasteiger partial charge >= 0.3 is 41.7 Å². The summed E-state index contributed by atoms with van der Waals surface area (Å²) in [4.78, 5) is 21.0. The number of nitrogens with zero attached hydrogens (tertiary/aromatic N) is 1. The number of methoxy groups -OCH3 is 1. The van der Waals surface area contributed by atoms with Crippen molar-refractivity contribution in [2.24, 2.45) is 0 Å². The molecular formula is C14H7F13N2O4. The molecule has 0 aliphatic rings. The first kappa shape index (κ1) is 28.0. The van der Waals surface area contributed by atoms with Crippen molar-refractivity contribution in [3.05, 3.63) is 28.3 Å². The van der Waals surface area contributed by atoms with Crippen molar-refractivity contribution in [1.29, 1.82) is 0 Å². The first-order valence-electron chi connectivity index (χ1n) is 7.60. The van der Waals surface area contributed by atoms with Gasteiger partial charge in [0.05, 0.1) is 23.8 Å². The Balaban J connectivity index is 3.46. The van der Waals surface area contributed by atoms with Crippen LogP contribution in [0.1, 0.15) is 0 Å². The van der Waals surface area contributed by atoms with E-state index in [-0.39, 0.29) is 0 Å². The standard InChI is InChI=1S/C14H7F13N2O4/c1-33-7-4-5(29(31)32)2-3-6(7)28-8(30)9(15,16)10(17,18)11(19,20)12(21,22)13(23,24)14(25,26)27/h2-4H,1H3,(H,28,30). The van der Waals surface area contributed by atoms with Crippen LogP contribution < -0.4 is 10.1 Å². The number of hydrogen-bond donors (Lipinski definition) is 1. The van der Waals surface area contributed by atoms with Gasteiger partial charge in [0, 0.05) is 6.07 Å². The van der Waals surface area contributed by atoms with Gasteiger partial charge < -0.3 is 10.1 Å². The molecule has 0 unspecified atom stereocenters. The zero-order chi connectivity index (χ0) is 26.4. The van der Waals surface area contributed by atoms with E-state index in [2.05, 4.69) is 4.74 Å². The summed E-state index contributed by atoms with van der Waals surface area (Å²) in [5.74, 6) is -43.6. The predicted molar refractivity (Wildman–Crippen MR) is 79.1 cm³/mol. The average Bonchev–Trinajstić information content (AvgIpc) is 2.66. The minimum atomic E-state index is -8.16. The number of anilines is 1. The molecule has 33 heavy (non-hydrogen) atoms. The molecule has 1 N–H and O–H groups in total. The van der Waals surface area contributed by atoms with Gasteiger partial charge in [-0.25, -0.2) is 0 Å². The lowest BCUT2D eigenvalue weighted by molar-refractivity contribution is -0.435. The highest BCUT2D eigenvalue weighted by Crippen LogP contribution is 2.60. The Bertz CT molecular complexity index is 930. The van der Waals surface area contributed by atoms with Crippen molar-refractivity contribution < 1.29 is 71.5 Å². The highest BCUT2D eigenvalue weighted by Gasteiger charge is 2.91. The molecule has 188 valence electrons. The number of carbonyl (C=O) groups is 1. The zero-order valence-electron chi connectivity index (χ0n) is 15.2. The molecule has 6 nitrogen and oxygen atoms in total. The molecule has 0 radical (unpaired) electrons. The van der Waals surface area contributed by atoms with Crippen LogP contribution in [0.4, 0.5) is 68.5 Å². The van der Waals surface area contributed by atoms with Crippen LogP contribution in [0.5, 0.6) is 5.75 Å². The third-order valence-electron chi connectivity index (χ3n) is 3.86. The smallest absolute Gasteiger partial charge is 0.460 e. The number of rotatable bonds is 8. The molecule has 0 atom stereocenters. The fraction of sp³-hybridized carbons (Fsp3) is 0.500. The largest absolute Gasteiger partial charge is 0.494 e. The molecule has 0 aromatic heterocycles. The van der Waals surface area contributed by atoms with Crippen LogP contribution in [-0.2, 0) is 4.79 Å². The second-order valence-corrected chi connectivity index (χ2v) is 5.97. The molecule has 0 heterocycles. The number of benzene rings is 1. The van der Waals surface area contributed by atoms with Gasteiger partial charge in [-0.3, -0.25) is 14.9 Å². The Labute approximate surface area is 172 Å². The van der Waals surface area contributed by atoms with Crippen LogP contribution in [-0.4, -0.2) is 53.7 Å². The van der Waals surface area contributed by atoms with E-state index in [0.717, 1.165) is 5.32 Å². The van der Waals surface area contributed by atoms with Gasteiger partial charge in [0.2, 0.25) is 0 Å². The monoisotopic (exact) mass is 514 g/mol. The van der Waals surface area contributed by atoms with Crippen LogP contribution in [0.2, 0.25) is 0 Å². The number of alkyl halides is 13. The van der Waals surface area contributed by atoms with Crippen molar-refractivity contribution in [2.45, 2.75) is 35.8 Å². The fourth-order valence-electron chi connectivity index (χ4n) is 2.01. The Morgan fingerprint density at radius 2 is 1.30 bits per heavy atom. The highest BCUT2D eigenvalue weighted by atomic mass is 19.4. The van der Waals surface area contributed by atoms with Gasteiger partial charge in [-0.05, 0) is 6.07 Å². The molecule has 0 saturated carbocycles. The van der Waals surface area contributed by atoms with E-state index in [4.69, 9.17) is 0 Å². The second-order valence-electron chi connectivity index (χ2n) is 5.97. The molecule has 0 fully saturated rings. The lowest BCUT2D eigenvalue weighted by Crippen LogP contribution is -2.71. The van der Waals surface area contributed by atoms with E-state index in [0.29, 0.717) is 25.3 Å². The lowest BCUT2D eigenvalue weighted by atomic mass is 9.93. The molecule has 0 spiro atoms. The second kappa shape index (κ2) is 8.08. The van der Waals surface area contributed by atoms with Crippen LogP contribution in [0, 0.1) is 10.1 Å². The highest BCUT2D eigenvalue weighted by molar-refractivity contribution is 5.98. The zero-order valence-corrected chi connectivity index (χ0v) is 15.2. The molecule has 1 rings (SSSR count). The summed E-state index contributed by atoms with van der Waals surface area (Å²) < 4.78 is 174. The Morgan fingerprint density at radius 3 is 1.70 bits per heavy atom. The summed E-state index contributed by atoms with van der Waals surface area (Å²) in [6.07, 6.45) is -7.58. The SMILES string of the molecule is COc1cc([N+](=O)[O-])ccc1NC(=O)C(F)(F)C(F)(F)C(F)(F)C(F)(F)C(F)(F)C(F)(F)F. The van der Waals surface area contributed by atoms with E-state index in [1.807, 2.05) is 0 Å². The number of ether oxygens (including phenoxy) is 1.